The van der Waals surface area contributed by atoms with E-state index in [0.717, 1.165) is 35.8 Å². The number of benzene rings is 1. The van der Waals surface area contributed by atoms with Crippen molar-refractivity contribution in [2.45, 2.75) is 43.1 Å². The summed E-state index contributed by atoms with van der Waals surface area (Å²) >= 11 is 12.2. The van der Waals surface area contributed by atoms with Crippen molar-refractivity contribution in [3.05, 3.63) is 28.2 Å². The zero-order valence-electron chi connectivity index (χ0n) is 14.5. The minimum atomic E-state index is -0.343. The van der Waals surface area contributed by atoms with E-state index in [-0.39, 0.29) is 21.1 Å². The summed E-state index contributed by atoms with van der Waals surface area (Å²) in [5.41, 5.74) is 7.05. The summed E-state index contributed by atoms with van der Waals surface area (Å²) in [4.78, 5) is 4.75. The zero-order valence-corrected chi connectivity index (χ0v) is 18.9. The quantitative estimate of drug-likeness (QED) is 0.418. The third kappa shape index (κ3) is 6.56. The fraction of sp³-hybridized carbons (Fsp3) is 0.667. The number of nitrogens with one attached hydrogen (secondary N) is 1. The Balaban J connectivity index is 1.73. The van der Waals surface area contributed by atoms with Crippen LogP contribution in [0.3, 0.4) is 0 Å². The Hall–Kier alpha value is 0.319. The van der Waals surface area contributed by atoms with Gasteiger partial charge in [-0.3, -0.25) is 0 Å². The normalized spacial score (nSPS) is 21.0. The van der Waals surface area contributed by atoms with E-state index in [9.17, 15) is 0 Å². The van der Waals surface area contributed by atoms with Gasteiger partial charge in [0.15, 0.2) is 0 Å². The predicted molar refractivity (Wildman–Crippen MR) is 108 cm³/mol. The van der Waals surface area contributed by atoms with Crippen molar-refractivity contribution in [1.29, 1.82) is 0 Å². The first kappa shape index (κ1) is 20.6. The van der Waals surface area contributed by atoms with E-state index in [1.54, 1.807) is 0 Å². The van der Waals surface area contributed by atoms with Gasteiger partial charge in [-0.05, 0) is 0 Å². The van der Waals surface area contributed by atoms with Gasteiger partial charge in [-0.2, -0.15) is 0 Å². The Morgan fingerprint density at radius 3 is 2.67 bits per heavy atom. The Bertz CT molecular complexity index is 493. The van der Waals surface area contributed by atoms with Gasteiger partial charge in [0.2, 0.25) is 0 Å². The molecule has 0 saturated heterocycles. The monoisotopic (exact) mass is 477 g/mol. The Kier molecular flexibility index (Phi) is 9.56. The molecule has 0 bridgehead atoms. The van der Waals surface area contributed by atoms with Crippen molar-refractivity contribution in [2.24, 2.45) is 11.7 Å². The van der Waals surface area contributed by atoms with Crippen LogP contribution in [0.5, 0.6) is 0 Å². The molecule has 6 heteroatoms. The summed E-state index contributed by atoms with van der Waals surface area (Å²) < 4.78 is 1.16. The third-order valence-corrected chi connectivity index (χ3v) is 7.60. The fourth-order valence-corrected chi connectivity index (χ4v) is 5.78. The number of halogens is 2. The van der Waals surface area contributed by atoms with E-state index in [4.69, 9.17) is 28.9 Å². The first-order valence-corrected chi connectivity index (χ1v) is 14.5. The maximum atomic E-state index is 6.39. The van der Waals surface area contributed by atoms with Crippen LogP contribution in [0.1, 0.15) is 32.1 Å². The van der Waals surface area contributed by atoms with Crippen molar-refractivity contribution in [2.75, 3.05) is 29.1 Å². The van der Waals surface area contributed by atoms with Crippen LogP contribution in [0.15, 0.2) is 18.2 Å². The molecule has 0 aliphatic heterocycles. The predicted octanol–water partition coefficient (Wildman–Crippen LogP) is 4.01. The molecule has 0 spiro atoms. The van der Waals surface area contributed by atoms with Gasteiger partial charge in [0.05, 0.1) is 0 Å². The number of nitrogens with zero attached hydrogens (tertiary/aromatic N) is 1. The first-order chi connectivity index (χ1) is 11.6. The van der Waals surface area contributed by atoms with Crippen LogP contribution >= 0.6 is 23.2 Å². The van der Waals surface area contributed by atoms with Crippen LogP contribution in [-0.4, -0.2) is 51.4 Å². The molecule has 1 aromatic carbocycles. The van der Waals surface area contributed by atoms with Gasteiger partial charge in [0.1, 0.15) is 0 Å². The molecule has 3 N–H and O–H groups in total. The van der Waals surface area contributed by atoms with Crippen LogP contribution in [0.2, 0.25) is 15.0 Å². The van der Waals surface area contributed by atoms with Crippen molar-refractivity contribution in [3.8, 4) is 0 Å². The van der Waals surface area contributed by atoms with E-state index in [2.05, 4.69) is 21.2 Å². The number of anilines is 1. The van der Waals surface area contributed by atoms with Gasteiger partial charge in [-0.15, -0.1) is 0 Å². The minimum absolute atomic E-state index is 0.343. The molecule has 0 unspecified atom stereocenters. The molecule has 0 aromatic heterocycles. The molecule has 24 heavy (non-hydrogen) atoms. The molecule has 134 valence electrons. The molecule has 1 aromatic rings. The zero-order chi connectivity index (χ0) is 17.4. The van der Waals surface area contributed by atoms with Gasteiger partial charge in [0, 0.05) is 0 Å². The summed E-state index contributed by atoms with van der Waals surface area (Å²) in [6.45, 7) is 3.09. The van der Waals surface area contributed by atoms with Gasteiger partial charge in [0.25, 0.3) is 0 Å². The average molecular weight is 477 g/mol. The molecule has 1 fully saturated rings. The number of hydrogen-bond donors (Lipinski definition) is 2. The number of nitrogens with two attached hydrogens (primary N) is 1. The van der Waals surface area contributed by atoms with Gasteiger partial charge in [-0.1, -0.05) is 0 Å². The van der Waals surface area contributed by atoms with E-state index in [0.29, 0.717) is 16.1 Å². The van der Waals surface area contributed by atoms with Crippen molar-refractivity contribution in [1.82, 2.24) is 5.32 Å². The fourth-order valence-electron chi connectivity index (χ4n) is 3.33. The topological polar surface area (TPSA) is 41.3 Å². The molecular weight excluding hydrogens is 448 g/mol. The Morgan fingerprint density at radius 1 is 1.21 bits per heavy atom. The molecule has 3 nitrogen and oxygen atoms in total. The van der Waals surface area contributed by atoms with Gasteiger partial charge in [-0.25, -0.2) is 0 Å². The van der Waals surface area contributed by atoms with Crippen LogP contribution in [0, 0.1) is 5.92 Å². The summed E-state index contributed by atoms with van der Waals surface area (Å²) in [5.74, 6) is 0.862. The third-order valence-electron chi connectivity index (χ3n) is 4.80. The van der Waals surface area contributed by atoms with Crippen LogP contribution in [0.4, 0.5) is 5.69 Å². The van der Waals surface area contributed by atoms with Crippen LogP contribution < -0.4 is 16.0 Å². The maximum absolute atomic E-state index is 6.39. The Labute approximate surface area is 166 Å². The van der Waals surface area contributed by atoms with Crippen molar-refractivity contribution >= 4 is 50.0 Å². The number of hydrogen-bond acceptors (Lipinski definition) is 3. The second-order valence-electron chi connectivity index (χ2n) is 6.67. The summed E-state index contributed by atoms with van der Waals surface area (Å²) in [6.07, 6.45) is 6.28. The van der Waals surface area contributed by atoms with E-state index in [1.807, 2.05) is 12.1 Å². The molecule has 1 saturated carbocycles. The van der Waals surface area contributed by atoms with Gasteiger partial charge >= 0.3 is 167 Å². The molecule has 0 heterocycles. The molecule has 0 atom stereocenters. The standard InChI is InChI=1S/C17H26Cl2N3.CH3.Sn/c1-22(16-4-2-3-15(18)17(16)19)12-11-21-10-9-13-5-7-14(20)8-6-13;;/h2-4,13-14,21H,1,5-12,20H2;1H3;. The molecule has 0 amide bonds. The van der Waals surface area contributed by atoms with Crippen molar-refractivity contribution in [3.63, 3.8) is 0 Å². The van der Waals surface area contributed by atoms with Gasteiger partial charge < -0.3 is 0 Å². The molecule has 2 radical (unpaired) electrons. The average Bonchev–Trinajstić information content (AvgIpc) is 2.58. The Morgan fingerprint density at radius 2 is 1.96 bits per heavy atom. The van der Waals surface area contributed by atoms with E-state index >= 15 is 0 Å². The molecule has 1 aliphatic carbocycles. The summed E-state index contributed by atoms with van der Waals surface area (Å²) in [7, 11) is 0. The first-order valence-electron chi connectivity index (χ1n) is 8.91. The summed E-state index contributed by atoms with van der Waals surface area (Å²) in [6, 6.07) is 6.36. The molecule has 1 aliphatic rings. The van der Waals surface area contributed by atoms with Crippen LogP contribution in [-0.2, 0) is 0 Å². The summed E-state index contributed by atoms with van der Waals surface area (Å²) in [5, 5.41) is 4.93. The van der Waals surface area contributed by atoms with E-state index < -0.39 is 0 Å². The molecular formula is C18H29Cl2N3Sn. The molecule has 2 rings (SSSR count). The number of rotatable bonds is 9. The van der Waals surface area contributed by atoms with Crippen LogP contribution in [0.25, 0.3) is 0 Å². The van der Waals surface area contributed by atoms with E-state index in [1.165, 1.54) is 32.1 Å². The SMILES string of the molecule is [CH3][Sn][CH2]N(CCNCCC1CCC(N)CC1)c1cccc(Cl)c1Cl. The second-order valence-corrected chi connectivity index (χ2v) is 10.4. The van der Waals surface area contributed by atoms with Crippen molar-refractivity contribution < 1.29 is 0 Å². The second kappa shape index (κ2) is 11.1.